The molecule has 3 aromatic rings. The first-order valence-electron chi connectivity index (χ1n) is 5.91. The Kier molecular flexibility index (Phi) is 2.90. The number of imidazole rings is 1. The van der Waals surface area contributed by atoms with Crippen LogP contribution in [0.2, 0.25) is 0 Å². The van der Waals surface area contributed by atoms with E-state index in [9.17, 15) is 9.59 Å². The molecule has 0 atom stereocenters. The molecule has 0 radical (unpaired) electrons. The Morgan fingerprint density at radius 2 is 2.30 bits per heavy atom. The van der Waals surface area contributed by atoms with Gasteiger partial charge in [-0.15, -0.1) is 0 Å². The van der Waals surface area contributed by atoms with Crippen molar-refractivity contribution in [2.75, 3.05) is 0 Å². The molecule has 0 fully saturated rings. The second kappa shape index (κ2) is 4.61. The normalized spacial score (nSPS) is 11.1. The maximum Gasteiger partial charge on any atom is 0.335 e. The summed E-state index contributed by atoms with van der Waals surface area (Å²) in [6.45, 7) is 2.36. The van der Waals surface area contributed by atoms with Crippen LogP contribution in [0.25, 0.3) is 11.0 Å². The molecule has 0 amide bonds. The summed E-state index contributed by atoms with van der Waals surface area (Å²) in [4.78, 5) is 29.2. The van der Waals surface area contributed by atoms with Crippen molar-refractivity contribution in [3.8, 4) is 0 Å². The zero-order chi connectivity index (χ0) is 14.3. The Labute approximate surface area is 117 Å². The summed E-state index contributed by atoms with van der Waals surface area (Å²) in [6.07, 6.45) is 0. The summed E-state index contributed by atoms with van der Waals surface area (Å²) < 4.78 is 1.94. The van der Waals surface area contributed by atoms with Gasteiger partial charge >= 0.3 is 10.8 Å². The number of carbonyl (C=O) groups is 1. The SMILES string of the molecule is Cc1nc2cc(C(=O)O)ccc2n1Cc1csc(=O)[nH]1. The van der Waals surface area contributed by atoms with Crippen molar-refractivity contribution >= 4 is 28.3 Å². The second-order valence-corrected chi connectivity index (χ2v) is 5.27. The van der Waals surface area contributed by atoms with Gasteiger partial charge in [0.25, 0.3) is 0 Å². The molecule has 0 saturated carbocycles. The van der Waals surface area contributed by atoms with E-state index in [1.807, 2.05) is 11.5 Å². The molecule has 1 aromatic carbocycles. The topological polar surface area (TPSA) is 88.0 Å². The third kappa shape index (κ3) is 2.12. The van der Waals surface area contributed by atoms with Gasteiger partial charge in [-0.25, -0.2) is 9.78 Å². The van der Waals surface area contributed by atoms with E-state index in [2.05, 4.69) is 9.97 Å². The highest BCUT2D eigenvalue weighted by molar-refractivity contribution is 7.07. The third-order valence-corrected chi connectivity index (χ3v) is 3.80. The summed E-state index contributed by atoms with van der Waals surface area (Å²) in [5, 5.41) is 10.8. The van der Waals surface area contributed by atoms with Crippen LogP contribution in [0.5, 0.6) is 0 Å². The van der Waals surface area contributed by atoms with Crippen LogP contribution >= 0.6 is 11.3 Å². The Bertz CT molecular complexity index is 859. The van der Waals surface area contributed by atoms with Crippen molar-refractivity contribution in [3.63, 3.8) is 0 Å². The van der Waals surface area contributed by atoms with Gasteiger partial charge in [0.1, 0.15) is 5.82 Å². The fraction of sp³-hybridized carbons (Fsp3) is 0.154. The molecule has 0 bridgehead atoms. The molecule has 7 heteroatoms. The van der Waals surface area contributed by atoms with E-state index in [1.54, 1.807) is 23.6 Å². The zero-order valence-corrected chi connectivity index (χ0v) is 11.4. The van der Waals surface area contributed by atoms with E-state index in [1.165, 1.54) is 0 Å². The minimum Gasteiger partial charge on any atom is -0.478 e. The summed E-state index contributed by atoms with van der Waals surface area (Å²) >= 11 is 1.12. The van der Waals surface area contributed by atoms with Crippen LogP contribution in [0.15, 0.2) is 28.4 Å². The fourth-order valence-electron chi connectivity index (χ4n) is 2.14. The van der Waals surface area contributed by atoms with Gasteiger partial charge in [-0.3, -0.25) is 4.79 Å². The lowest BCUT2D eigenvalue weighted by atomic mass is 10.2. The molecule has 20 heavy (non-hydrogen) atoms. The molecule has 102 valence electrons. The van der Waals surface area contributed by atoms with E-state index in [-0.39, 0.29) is 10.4 Å². The first kappa shape index (κ1) is 12.6. The van der Waals surface area contributed by atoms with Gasteiger partial charge in [-0.1, -0.05) is 11.3 Å². The summed E-state index contributed by atoms with van der Waals surface area (Å²) in [5.74, 6) is -0.198. The van der Waals surface area contributed by atoms with Crippen LogP contribution in [0.1, 0.15) is 21.9 Å². The highest BCUT2D eigenvalue weighted by atomic mass is 32.1. The van der Waals surface area contributed by atoms with Crippen LogP contribution < -0.4 is 4.87 Å². The van der Waals surface area contributed by atoms with Crippen molar-refractivity contribution in [2.24, 2.45) is 0 Å². The molecule has 0 aliphatic heterocycles. The highest BCUT2D eigenvalue weighted by Crippen LogP contribution is 2.19. The first-order chi connectivity index (χ1) is 9.54. The molecule has 0 spiro atoms. The lowest BCUT2D eigenvalue weighted by molar-refractivity contribution is 0.0697. The number of hydrogen-bond donors (Lipinski definition) is 2. The van der Waals surface area contributed by atoms with Crippen LogP contribution in [0.3, 0.4) is 0 Å². The Balaban J connectivity index is 2.09. The quantitative estimate of drug-likeness (QED) is 0.770. The van der Waals surface area contributed by atoms with E-state index < -0.39 is 5.97 Å². The number of H-pyrrole nitrogens is 1. The van der Waals surface area contributed by atoms with Gasteiger partial charge in [0.15, 0.2) is 0 Å². The number of aromatic carboxylic acids is 1. The maximum absolute atomic E-state index is 11.2. The fourth-order valence-corrected chi connectivity index (χ4v) is 2.72. The molecule has 2 N–H and O–H groups in total. The van der Waals surface area contributed by atoms with Crippen LogP contribution in [0.4, 0.5) is 0 Å². The molecule has 3 rings (SSSR count). The lowest BCUT2D eigenvalue weighted by Gasteiger charge is -2.04. The zero-order valence-electron chi connectivity index (χ0n) is 10.6. The number of aromatic nitrogens is 3. The van der Waals surface area contributed by atoms with Gasteiger partial charge in [0, 0.05) is 11.1 Å². The number of aryl methyl sites for hydroxylation is 1. The molecular weight excluding hydrogens is 278 g/mol. The number of carboxylic acids is 1. The largest absolute Gasteiger partial charge is 0.478 e. The monoisotopic (exact) mass is 289 g/mol. The molecule has 2 heterocycles. The van der Waals surface area contributed by atoms with Gasteiger partial charge in [-0.05, 0) is 25.1 Å². The van der Waals surface area contributed by atoms with Crippen molar-refractivity contribution < 1.29 is 9.90 Å². The molecule has 6 nitrogen and oxygen atoms in total. The second-order valence-electron chi connectivity index (χ2n) is 4.43. The average Bonchev–Trinajstić information content (AvgIpc) is 2.94. The molecule has 0 unspecified atom stereocenters. The number of nitrogens with zero attached hydrogens (tertiary/aromatic N) is 2. The minimum absolute atomic E-state index is 0.0877. The molecule has 0 aliphatic rings. The summed E-state index contributed by atoms with van der Waals surface area (Å²) in [5.41, 5.74) is 2.51. The van der Waals surface area contributed by atoms with E-state index in [0.29, 0.717) is 12.1 Å². The number of hydrogen-bond acceptors (Lipinski definition) is 4. The highest BCUT2D eigenvalue weighted by Gasteiger charge is 2.11. The maximum atomic E-state index is 11.2. The Hall–Kier alpha value is -2.41. The Morgan fingerprint density at radius 3 is 2.95 bits per heavy atom. The number of carboxylic acid groups (broad SMARTS) is 1. The smallest absolute Gasteiger partial charge is 0.335 e. The molecule has 2 aromatic heterocycles. The molecule has 0 saturated heterocycles. The molecule has 0 aliphatic carbocycles. The lowest BCUT2D eigenvalue weighted by Crippen LogP contribution is -2.04. The summed E-state index contributed by atoms with van der Waals surface area (Å²) in [7, 11) is 0. The number of rotatable bonds is 3. The van der Waals surface area contributed by atoms with Crippen LogP contribution in [-0.2, 0) is 6.54 Å². The number of fused-ring (bicyclic) bond motifs is 1. The van der Waals surface area contributed by atoms with Crippen molar-refractivity contribution in [3.05, 3.63) is 50.3 Å². The van der Waals surface area contributed by atoms with Crippen molar-refractivity contribution in [1.82, 2.24) is 14.5 Å². The van der Waals surface area contributed by atoms with E-state index in [4.69, 9.17) is 5.11 Å². The van der Waals surface area contributed by atoms with Crippen molar-refractivity contribution in [2.45, 2.75) is 13.5 Å². The standard InChI is InChI=1S/C13H11N3O3S/c1-7-14-10-4-8(12(17)18)2-3-11(10)16(7)5-9-6-20-13(19)15-9/h2-4,6H,5H2,1H3,(H,15,19)(H,17,18). The number of benzene rings is 1. The first-order valence-corrected chi connectivity index (χ1v) is 6.79. The summed E-state index contributed by atoms with van der Waals surface area (Å²) in [6, 6.07) is 4.85. The molecular formula is C13H11N3O3S. The van der Waals surface area contributed by atoms with Gasteiger partial charge in [0.2, 0.25) is 0 Å². The minimum atomic E-state index is -0.971. The van der Waals surface area contributed by atoms with Crippen LogP contribution in [-0.4, -0.2) is 25.6 Å². The Morgan fingerprint density at radius 1 is 1.50 bits per heavy atom. The predicted octanol–water partition coefficient (Wildman–Crippen LogP) is 1.84. The average molecular weight is 289 g/mol. The van der Waals surface area contributed by atoms with Gasteiger partial charge in [-0.2, -0.15) is 0 Å². The number of nitrogens with one attached hydrogen (secondary N) is 1. The van der Waals surface area contributed by atoms with Gasteiger partial charge < -0.3 is 14.7 Å². The van der Waals surface area contributed by atoms with E-state index >= 15 is 0 Å². The number of thiazole rings is 1. The predicted molar refractivity (Wildman–Crippen MR) is 75.5 cm³/mol. The third-order valence-electron chi connectivity index (χ3n) is 3.09. The van der Waals surface area contributed by atoms with Gasteiger partial charge in [0.05, 0.1) is 23.1 Å². The van der Waals surface area contributed by atoms with Crippen LogP contribution in [0, 0.1) is 6.92 Å². The van der Waals surface area contributed by atoms with E-state index in [0.717, 1.165) is 28.4 Å². The van der Waals surface area contributed by atoms with Crippen molar-refractivity contribution in [1.29, 1.82) is 0 Å². The number of aromatic amines is 1.